The van der Waals surface area contributed by atoms with Crippen LogP contribution >= 0.6 is 23.2 Å². The number of carbonyl (C=O) groups excluding carboxylic acids is 1. The summed E-state index contributed by atoms with van der Waals surface area (Å²) in [7, 11) is 0. The highest BCUT2D eigenvalue weighted by atomic mass is 35.5. The lowest BCUT2D eigenvalue weighted by Gasteiger charge is -2.27. The second-order valence-electron chi connectivity index (χ2n) is 8.22. The van der Waals surface area contributed by atoms with Crippen LogP contribution in [0.15, 0.2) is 71.8 Å². The van der Waals surface area contributed by atoms with Gasteiger partial charge in [-0.2, -0.15) is 5.10 Å². The Labute approximate surface area is 202 Å². The molecule has 0 radical (unpaired) electrons. The van der Waals surface area contributed by atoms with Gasteiger partial charge in [-0.05, 0) is 53.9 Å². The third-order valence-corrected chi connectivity index (χ3v) is 6.67. The molecule has 0 spiro atoms. The van der Waals surface area contributed by atoms with E-state index in [4.69, 9.17) is 28.3 Å². The Morgan fingerprint density at radius 2 is 1.82 bits per heavy atom. The van der Waals surface area contributed by atoms with Crippen molar-refractivity contribution in [3.63, 3.8) is 0 Å². The number of para-hydroxylation sites is 1. The molecule has 1 amide bonds. The van der Waals surface area contributed by atoms with Crippen molar-refractivity contribution >= 4 is 46.2 Å². The summed E-state index contributed by atoms with van der Waals surface area (Å²) in [5.74, 6) is -0.318. The number of amides is 1. The first-order chi connectivity index (χ1) is 15.9. The zero-order valence-electron chi connectivity index (χ0n) is 17.9. The summed E-state index contributed by atoms with van der Waals surface area (Å²) >= 11 is 12.6. The van der Waals surface area contributed by atoms with E-state index in [2.05, 4.69) is 11.5 Å². The van der Waals surface area contributed by atoms with Crippen molar-refractivity contribution in [3.05, 3.63) is 87.9 Å². The summed E-state index contributed by atoms with van der Waals surface area (Å²) in [5.41, 5.74) is 7.20. The van der Waals surface area contributed by atoms with E-state index in [1.165, 1.54) is 5.56 Å². The molecule has 168 valence electrons. The Morgan fingerprint density at radius 1 is 1.06 bits per heavy atom. The molecule has 2 atom stereocenters. The van der Waals surface area contributed by atoms with Crippen molar-refractivity contribution in [1.29, 1.82) is 0 Å². The largest absolute Gasteiger partial charge is 0.508 e. The highest BCUT2D eigenvalue weighted by molar-refractivity contribution is 6.41. The second kappa shape index (κ2) is 8.61. The minimum Gasteiger partial charge on any atom is -0.508 e. The first kappa shape index (κ1) is 21.6. The number of phenolic OH excluding ortho intramolecular Hbond substituents is 1. The summed E-state index contributed by atoms with van der Waals surface area (Å²) in [6.45, 7) is 2.68. The highest BCUT2D eigenvalue weighted by Gasteiger charge is 2.40. The minimum absolute atomic E-state index is 0.173. The number of halogens is 2. The van der Waals surface area contributed by atoms with Gasteiger partial charge in [0.05, 0.1) is 22.4 Å². The van der Waals surface area contributed by atoms with Crippen LogP contribution in [0.4, 0.5) is 11.4 Å². The van der Waals surface area contributed by atoms with Crippen molar-refractivity contribution in [3.8, 4) is 5.75 Å². The van der Waals surface area contributed by atoms with Crippen LogP contribution in [0.25, 0.3) is 0 Å². The van der Waals surface area contributed by atoms with E-state index in [-0.39, 0.29) is 23.6 Å². The van der Waals surface area contributed by atoms with Crippen molar-refractivity contribution in [1.82, 2.24) is 5.43 Å². The molecule has 2 aliphatic heterocycles. The number of hydrogen-bond donors (Lipinski definition) is 2. The number of aromatic hydroxyl groups is 1. The lowest BCUT2D eigenvalue weighted by atomic mass is 9.91. The van der Waals surface area contributed by atoms with Crippen molar-refractivity contribution < 1.29 is 9.90 Å². The second-order valence-corrected chi connectivity index (χ2v) is 9.07. The van der Waals surface area contributed by atoms with Crippen molar-refractivity contribution in [2.24, 2.45) is 11.0 Å². The molecule has 6 nitrogen and oxygen atoms in total. The Kier molecular flexibility index (Phi) is 5.64. The van der Waals surface area contributed by atoms with Crippen LogP contribution < -0.4 is 15.4 Å². The Bertz CT molecular complexity index is 1250. The molecule has 0 unspecified atom stereocenters. The number of hydrogen-bond acceptors (Lipinski definition) is 5. The number of phenols is 1. The Hall–Kier alpha value is -3.22. The van der Waals surface area contributed by atoms with Crippen LogP contribution in [0.3, 0.4) is 0 Å². The van der Waals surface area contributed by atoms with E-state index in [1.807, 2.05) is 42.3 Å². The van der Waals surface area contributed by atoms with E-state index in [0.29, 0.717) is 28.0 Å². The molecule has 2 N–H and O–H groups in total. The van der Waals surface area contributed by atoms with Gasteiger partial charge in [0.2, 0.25) is 0 Å². The third kappa shape index (κ3) is 4.01. The number of rotatable bonds is 4. The Morgan fingerprint density at radius 3 is 2.58 bits per heavy atom. The molecule has 0 saturated carbocycles. The number of fused-ring (bicyclic) bond motifs is 1. The molecule has 3 aromatic rings. The van der Waals surface area contributed by atoms with E-state index < -0.39 is 0 Å². The standard InChI is InChI=1S/C25H22Cl2N4O2/c1-15-23(25(33)29-30-13-12-16-4-2-3-5-21(16)30)28-31(22-11-8-18(26)14-20(22)27)24(15)17-6-9-19(32)10-7-17/h2-11,14-15,24,32H,12-13H2,1H3,(H,29,33)/t15-,24+/m1/s1. The van der Waals surface area contributed by atoms with Crippen LogP contribution in [0.5, 0.6) is 5.75 Å². The van der Waals surface area contributed by atoms with Crippen LogP contribution in [0.1, 0.15) is 24.1 Å². The maximum atomic E-state index is 13.4. The Balaban J connectivity index is 1.49. The maximum Gasteiger partial charge on any atom is 0.286 e. The number of nitrogens with zero attached hydrogens (tertiary/aromatic N) is 3. The summed E-state index contributed by atoms with van der Waals surface area (Å²) in [4.78, 5) is 13.4. The summed E-state index contributed by atoms with van der Waals surface area (Å²) in [6, 6.07) is 19.9. The van der Waals surface area contributed by atoms with Gasteiger partial charge in [-0.25, -0.2) is 0 Å². The smallest absolute Gasteiger partial charge is 0.286 e. The zero-order valence-corrected chi connectivity index (χ0v) is 19.4. The number of hydrazone groups is 1. The molecule has 0 saturated heterocycles. The topological polar surface area (TPSA) is 68.2 Å². The van der Waals surface area contributed by atoms with Gasteiger partial charge in [-0.3, -0.25) is 20.2 Å². The molecular weight excluding hydrogens is 459 g/mol. The molecule has 2 heterocycles. The molecular formula is C25H22Cl2N4O2. The van der Waals surface area contributed by atoms with Gasteiger partial charge in [0.1, 0.15) is 11.5 Å². The van der Waals surface area contributed by atoms with Gasteiger partial charge in [-0.15, -0.1) is 0 Å². The predicted molar refractivity (Wildman–Crippen MR) is 132 cm³/mol. The van der Waals surface area contributed by atoms with Crippen LogP contribution in [-0.4, -0.2) is 23.3 Å². The normalized spacial score (nSPS) is 19.4. The zero-order chi connectivity index (χ0) is 23.1. The quantitative estimate of drug-likeness (QED) is 0.528. The van der Waals surface area contributed by atoms with Gasteiger partial charge in [-0.1, -0.05) is 60.5 Å². The van der Waals surface area contributed by atoms with Crippen LogP contribution in [0, 0.1) is 5.92 Å². The number of benzene rings is 3. The first-order valence-corrected chi connectivity index (χ1v) is 11.5. The summed E-state index contributed by atoms with van der Waals surface area (Å²) in [6.07, 6.45) is 0.876. The highest BCUT2D eigenvalue weighted by Crippen LogP contribution is 2.42. The van der Waals surface area contributed by atoms with E-state index in [0.717, 1.165) is 17.7 Å². The molecule has 5 rings (SSSR count). The van der Waals surface area contributed by atoms with E-state index >= 15 is 0 Å². The SMILES string of the molecule is C[C@@H]1C(C(=O)NN2CCc3ccccc32)=NN(c2ccc(Cl)cc2Cl)[C@@H]1c1ccc(O)cc1. The molecule has 0 bridgehead atoms. The van der Waals surface area contributed by atoms with E-state index in [1.54, 1.807) is 35.3 Å². The summed E-state index contributed by atoms with van der Waals surface area (Å²) in [5, 5.41) is 19.1. The first-order valence-electron chi connectivity index (χ1n) is 10.7. The number of anilines is 2. The number of nitrogens with one attached hydrogen (secondary N) is 1. The molecule has 0 fully saturated rings. The fourth-order valence-corrected chi connectivity index (χ4v) is 4.98. The molecule has 33 heavy (non-hydrogen) atoms. The third-order valence-electron chi connectivity index (χ3n) is 6.13. The van der Waals surface area contributed by atoms with Crippen molar-refractivity contribution in [2.45, 2.75) is 19.4 Å². The average Bonchev–Trinajstić information content (AvgIpc) is 3.36. The lowest BCUT2D eigenvalue weighted by Crippen LogP contribution is -2.45. The van der Waals surface area contributed by atoms with Gasteiger partial charge < -0.3 is 5.11 Å². The monoisotopic (exact) mass is 480 g/mol. The van der Waals surface area contributed by atoms with Crippen LogP contribution in [0.2, 0.25) is 10.0 Å². The fourth-order valence-electron chi connectivity index (χ4n) is 4.49. The van der Waals surface area contributed by atoms with Gasteiger partial charge >= 0.3 is 0 Å². The molecule has 8 heteroatoms. The number of carbonyl (C=O) groups is 1. The molecule has 0 aromatic heterocycles. The molecule has 3 aromatic carbocycles. The maximum absolute atomic E-state index is 13.4. The number of hydrazine groups is 1. The van der Waals surface area contributed by atoms with Crippen molar-refractivity contribution in [2.75, 3.05) is 16.6 Å². The van der Waals surface area contributed by atoms with Gasteiger partial charge in [0, 0.05) is 17.5 Å². The predicted octanol–water partition coefficient (Wildman–Crippen LogP) is 5.35. The van der Waals surface area contributed by atoms with Crippen LogP contribution in [-0.2, 0) is 11.2 Å². The lowest BCUT2D eigenvalue weighted by molar-refractivity contribution is -0.115. The van der Waals surface area contributed by atoms with E-state index in [9.17, 15) is 9.90 Å². The minimum atomic E-state index is -0.282. The fraction of sp³-hybridized carbons (Fsp3) is 0.200. The molecule has 2 aliphatic rings. The van der Waals surface area contributed by atoms with Gasteiger partial charge in [0.25, 0.3) is 5.91 Å². The van der Waals surface area contributed by atoms with Gasteiger partial charge in [0.15, 0.2) is 0 Å². The summed E-state index contributed by atoms with van der Waals surface area (Å²) < 4.78 is 0. The average molecular weight is 481 g/mol. The molecule has 0 aliphatic carbocycles.